The fraction of sp³-hybridized carbons (Fsp3) is 0.207. The quantitative estimate of drug-likeness (QED) is 0.264. The summed E-state index contributed by atoms with van der Waals surface area (Å²) in [5.74, 6) is 6.53. The number of para-hydroxylation sites is 2. The molecule has 2 heterocycles. The number of fused-ring (bicyclic) bond motifs is 2. The molecule has 5 rings (SSSR count). The smallest absolute Gasteiger partial charge is 0.258 e. The number of alkyl halides is 1. The van der Waals surface area contributed by atoms with Crippen molar-refractivity contribution in [3.8, 4) is 28.7 Å². The second-order valence-electron chi connectivity index (χ2n) is 8.57. The molecule has 0 unspecified atom stereocenters. The summed E-state index contributed by atoms with van der Waals surface area (Å²) in [6.45, 7) is 2.96. The number of benzene rings is 3. The highest BCUT2D eigenvalue weighted by Gasteiger charge is 2.25. The standard InChI is InChI=1S/C29H26ClN3O2/c1-20-13-16-33(27-7-3-2-6-26(27)32-20)29(34)23-8-10-24(28(19-23)35-17-5-4-14-30)21-9-11-25-22(18-21)12-15-31-25/h2-3,6-12,15,18-20,31-32H,13-14,16-17H2,1H3/t20-/m0/s1. The lowest BCUT2D eigenvalue weighted by Crippen LogP contribution is -2.32. The van der Waals surface area contributed by atoms with Crippen LogP contribution >= 0.6 is 11.6 Å². The maximum Gasteiger partial charge on any atom is 0.258 e. The second-order valence-corrected chi connectivity index (χ2v) is 8.84. The largest absolute Gasteiger partial charge is 0.480 e. The maximum absolute atomic E-state index is 13.7. The average Bonchev–Trinajstić information content (AvgIpc) is 3.28. The van der Waals surface area contributed by atoms with Crippen molar-refractivity contribution in [2.24, 2.45) is 0 Å². The molecule has 176 valence electrons. The summed E-state index contributed by atoms with van der Waals surface area (Å²) in [6, 6.07) is 22.1. The number of H-pyrrole nitrogens is 1. The van der Waals surface area contributed by atoms with Gasteiger partial charge in [0.05, 0.1) is 17.3 Å². The number of ether oxygens (including phenoxy) is 1. The van der Waals surface area contributed by atoms with Crippen LogP contribution in [0.1, 0.15) is 23.7 Å². The van der Waals surface area contributed by atoms with Gasteiger partial charge >= 0.3 is 0 Å². The monoisotopic (exact) mass is 483 g/mol. The van der Waals surface area contributed by atoms with Gasteiger partial charge < -0.3 is 19.9 Å². The minimum Gasteiger partial charge on any atom is -0.480 e. The lowest BCUT2D eigenvalue weighted by atomic mass is 10.0. The molecule has 0 fully saturated rings. The number of amides is 1. The molecule has 1 aliphatic rings. The van der Waals surface area contributed by atoms with Crippen LogP contribution in [0.2, 0.25) is 0 Å². The Balaban J connectivity index is 1.52. The van der Waals surface area contributed by atoms with Gasteiger partial charge in [0.25, 0.3) is 5.91 Å². The molecule has 35 heavy (non-hydrogen) atoms. The number of carbonyl (C=O) groups is 1. The van der Waals surface area contributed by atoms with Crippen LogP contribution < -0.4 is 15.0 Å². The van der Waals surface area contributed by atoms with Crippen molar-refractivity contribution in [2.45, 2.75) is 19.4 Å². The van der Waals surface area contributed by atoms with Gasteiger partial charge in [-0.2, -0.15) is 0 Å². The number of carbonyl (C=O) groups excluding carboxylic acids is 1. The molecule has 4 aromatic rings. The molecule has 0 aliphatic carbocycles. The predicted octanol–water partition coefficient (Wildman–Crippen LogP) is 6.31. The molecule has 1 atom stereocenters. The van der Waals surface area contributed by atoms with Crippen molar-refractivity contribution in [3.05, 3.63) is 78.5 Å². The maximum atomic E-state index is 13.7. The zero-order valence-electron chi connectivity index (χ0n) is 19.5. The minimum atomic E-state index is -0.0577. The molecule has 1 amide bonds. The van der Waals surface area contributed by atoms with Crippen LogP contribution in [-0.4, -0.2) is 36.0 Å². The number of aromatic amines is 1. The molecule has 1 aromatic heterocycles. The average molecular weight is 484 g/mol. The summed E-state index contributed by atoms with van der Waals surface area (Å²) in [5, 5.41) is 4.62. The first kappa shape index (κ1) is 22.9. The highest BCUT2D eigenvalue weighted by Crippen LogP contribution is 2.35. The van der Waals surface area contributed by atoms with E-state index < -0.39 is 0 Å². The summed E-state index contributed by atoms with van der Waals surface area (Å²) in [6.07, 6.45) is 2.77. The Hall–Kier alpha value is -3.88. The molecule has 0 saturated heterocycles. The van der Waals surface area contributed by atoms with Crippen LogP contribution in [0.15, 0.2) is 72.9 Å². The molecule has 0 bridgehead atoms. The van der Waals surface area contributed by atoms with E-state index in [4.69, 9.17) is 16.3 Å². The highest BCUT2D eigenvalue weighted by atomic mass is 35.5. The van der Waals surface area contributed by atoms with E-state index in [2.05, 4.69) is 35.1 Å². The first-order chi connectivity index (χ1) is 17.1. The summed E-state index contributed by atoms with van der Waals surface area (Å²) in [5.41, 5.74) is 5.41. The Kier molecular flexibility index (Phi) is 6.65. The van der Waals surface area contributed by atoms with Crippen molar-refractivity contribution in [3.63, 3.8) is 0 Å². The third kappa shape index (κ3) is 4.84. The van der Waals surface area contributed by atoms with E-state index in [1.54, 1.807) is 0 Å². The lowest BCUT2D eigenvalue weighted by Gasteiger charge is -2.23. The molecular formula is C29H26ClN3O2. The number of aromatic nitrogens is 1. The van der Waals surface area contributed by atoms with E-state index in [1.807, 2.05) is 71.8 Å². The van der Waals surface area contributed by atoms with Crippen LogP contribution in [0, 0.1) is 11.8 Å². The van der Waals surface area contributed by atoms with E-state index >= 15 is 0 Å². The molecule has 1 aliphatic heterocycles. The zero-order chi connectivity index (χ0) is 24.2. The first-order valence-corrected chi connectivity index (χ1v) is 12.2. The highest BCUT2D eigenvalue weighted by molar-refractivity contribution is 6.19. The van der Waals surface area contributed by atoms with Gasteiger partial charge in [0, 0.05) is 35.4 Å². The van der Waals surface area contributed by atoms with E-state index in [0.29, 0.717) is 17.9 Å². The minimum absolute atomic E-state index is 0.0577. The topological polar surface area (TPSA) is 57.4 Å². The summed E-state index contributed by atoms with van der Waals surface area (Å²) < 4.78 is 6.05. The van der Waals surface area contributed by atoms with Crippen LogP contribution in [-0.2, 0) is 0 Å². The molecule has 0 spiro atoms. The number of nitrogens with one attached hydrogen (secondary N) is 2. The fourth-order valence-corrected chi connectivity index (χ4v) is 4.52. The lowest BCUT2D eigenvalue weighted by molar-refractivity contribution is 0.0986. The Bertz CT molecular complexity index is 1430. The molecule has 5 nitrogen and oxygen atoms in total. The van der Waals surface area contributed by atoms with Crippen molar-refractivity contribution in [2.75, 3.05) is 29.2 Å². The number of hydrogen-bond acceptors (Lipinski definition) is 3. The molecule has 6 heteroatoms. The molecule has 2 N–H and O–H groups in total. The second kappa shape index (κ2) is 10.2. The van der Waals surface area contributed by atoms with Crippen LogP contribution in [0.25, 0.3) is 22.0 Å². The van der Waals surface area contributed by atoms with Gasteiger partial charge in [0.1, 0.15) is 12.4 Å². The third-order valence-corrected chi connectivity index (χ3v) is 6.35. The van der Waals surface area contributed by atoms with Gasteiger partial charge in [0.2, 0.25) is 0 Å². The van der Waals surface area contributed by atoms with Gasteiger partial charge in [-0.15, -0.1) is 11.6 Å². The third-order valence-electron chi connectivity index (χ3n) is 6.21. The summed E-state index contributed by atoms with van der Waals surface area (Å²) in [7, 11) is 0. The summed E-state index contributed by atoms with van der Waals surface area (Å²) >= 11 is 5.69. The van der Waals surface area contributed by atoms with Crippen LogP contribution in [0.3, 0.4) is 0 Å². The Morgan fingerprint density at radius 1 is 1.11 bits per heavy atom. The van der Waals surface area contributed by atoms with Gasteiger partial charge in [-0.25, -0.2) is 0 Å². The van der Waals surface area contributed by atoms with Gasteiger partial charge in [0.15, 0.2) is 0 Å². The first-order valence-electron chi connectivity index (χ1n) is 11.7. The normalized spacial score (nSPS) is 14.9. The van der Waals surface area contributed by atoms with Crippen molar-refractivity contribution in [1.29, 1.82) is 0 Å². The van der Waals surface area contributed by atoms with Crippen LogP contribution in [0.5, 0.6) is 5.75 Å². The van der Waals surface area contributed by atoms with Crippen molar-refractivity contribution < 1.29 is 9.53 Å². The zero-order valence-corrected chi connectivity index (χ0v) is 20.2. The number of hydrogen-bond donors (Lipinski definition) is 2. The van der Waals surface area contributed by atoms with Crippen molar-refractivity contribution >= 4 is 39.8 Å². The van der Waals surface area contributed by atoms with E-state index in [-0.39, 0.29) is 24.4 Å². The molecule has 0 saturated carbocycles. The fourth-order valence-electron chi connectivity index (χ4n) is 4.42. The number of rotatable bonds is 4. The van der Waals surface area contributed by atoms with Gasteiger partial charge in [-0.05, 0) is 72.8 Å². The number of nitrogens with zero attached hydrogens (tertiary/aromatic N) is 1. The molecular weight excluding hydrogens is 458 g/mol. The predicted molar refractivity (Wildman–Crippen MR) is 144 cm³/mol. The SMILES string of the molecule is C[C@H]1CCN(C(=O)c2ccc(-c3ccc4[nH]ccc4c3)c(OCC#CCCl)c2)c2ccccc2N1. The van der Waals surface area contributed by atoms with E-state index in [1.165, 1.54) is 0 Å². The van der Waals surface area contributed by atoms with E-state index in [0.717, 1.165) is 39.8 Å². The van der Waals surface area contributed by atoms with Crippen molar-refractivity contribution in [1.82, 2.24) is 4.98 Å². The number of anilines is 2. The Morgan fingerprint density at radius 3 is 2.89 bits per heavy atom. The van der Waals surface area contributed by atoms with Gasteiger partial charge in [-0.3, -0.25) is 4.79 Å². The number of halogens is 1. The Labute approximate surface area is 210 Å². The Morgan fingerprint density at radius 2 is 2.00 bits per heavy atom. The molecule has 3 aromatic carbocycles. The van der Waals surface area contributed by atoms with Gasteiger partial charge in [-0.1, -0.05) is 30.0 Å². The van der Waals surface area contributed by atoms with E-state index in [9.17, 15) is 4.79 Å². The summed E-state index contributed by atoms with van der Waals surface area (Å²) in [4.78, 5) is 18.8. The molecule has 0 radical (unpaired) electrons. The van der Waals surface area contributed by atoms with Crippen LogP contribution in [0.4, 0.5) is 11.4 Å².